The standard InChI is InChI=1S/C14H15FN8O/c1-7-13(8(2)19-18-7)17-14(24)16-10-4-5-11(15)12(6-10)23-9(3)20-21-22-23/h4-6H,1-3H3,(H,18,19)(H2,16,17,24). The lowest BCUT2D eigenvalue weighted by Gasteiger charge is -2.10. The van der Waals surface area contributed by atoms with Crippen molar-refractivity contribution in [3.8, 4) is 5.69 Å². The number of anilines is 2. The number of nitrogens with zero attached hydrogens (tertiary/aromatic N) is 5. The molecule has 2 aromatic heterocycles. The van der Waals surface area contributed by atoms with Gasteiger partial charge in [0.05, 0.1) is 17.1 Å². The number of nitrogens with one attached hydrogen (secondary N) is 3. The summed E-state index contributed by atoms with van der Waals surface area (Å²) in [5.41, 5.74) is 2.56. The van der Waals surface area contributed by atoms with Crippen molar-refractivity contribution in [2.45, 2.75) is 20.8 Å². The number of carbonyl (C=O) groups is 1. The molecule has 0 aliphatic carbocycles. The summed E-state index contributed by atoms with van der Waals surface area (Å²) in [6.07, 6.45) is 0. The van der Waals surface area contributed by atoms with Gasteiger partial charge >= 0.3 is 6.03 Å². The van der Waals surface area contributed by atoms with Gasteiger partial charge in [-0.05, 0) is 49.4 Å². The Hall–Kier alpha value is -3.30. The molecule has 124 valence electrons. The maximum Gasteiger partial charge on any atom is 0.323 e. The van der Waals surface area contributed by atoms with E-state index in [9.17, 15) is 9.18 Å². The van der Waals surface area contributed by atoms with Crippen LogP contribution >= 0.6 is 0 Å². The molecule has 0 atom stereocenters. The van der Waals surface area contributed by atoms with E-state index < -0.39 is 11.8 Å². The van der Waals surface area contributed by atoms with Crippen LogP contribution in [0.3, 0.4) is 0 Å². The highest BCUT2D eigenvalue weighted by Gasteiger charge is 2.13. The number of urea groups is 1. The molecule has 24 heavy (non-hydrogen) atoms. The molecule has 0 saturated heterocycles. The Bertz CT molecular complexity index is 881. The molecule has 2 amide bonds. The number of amides is 2. The number of aromatic nitrogens is 6. The van der Waals surface area contributed by atoms with Crippen molar-refractivity contribution in [2.24, 2.45) is 0 Å². The van der Waals surface area contributed by atoms with E-state index >= 15 is 0 Å². The number of aryl methyl sites for hydroxylation is 3. The number of H-pyrrole nitrogens is 1. The Labute approximate surface area is 136 Å². The third-order valence-corrected chi connectivity index (χ3v) is 3.42. The summed E-state index contributed by atoms with van der Waals surface area (Å²) < 4.78 is 15.3. The third-order valence-electron chi connectivity index (χ3n) is 3.42. The molecule has 10 heteroatoms. The van der Waals surface area contributed by atoms with Crippen LogP contribution in [-0.4, -0.2) is 36.4 Å². The zero-order chi connectivity index (χ0) is 17.3. The number of benzene rings is 1. The second kappa shape index (κ2) is 6.07. The molecule has 0 saturated carbocycles. The Morgan fingerprint density at radius 3 is 2.67 bits per heavy atom. The molecule has 1 aromatic carbocycles. The normalized spacial score (nSPS) is 10.7. The van der Waals surface area contributed by atoms with Gasteiger partial charge in [-0.2, -0.15) is 9.78 Å². The van der Waals surface area contributed by atoms with Gasteiger partial charge < -0.3 is 10.6 Å². The van der Waals surface area contributed by atoms with Gasteiger partial charge in [-0.25, -0.2) is 9.18 Å². The quantitative estimate of drug-likeness (QED) is 0.680. The summed E-state index contributed by atoms with van der Waals surface area (Å²) in [5.74, 6) is -0.0713. The Morgan fingerprint density at radius 2 is 2.04 bits per heavy atom. The van der Waals surface area contributed by atoms with E-state index in [2.05, 4.69) is 36.4 Å². The molecule has 3 aromatic rings. The Balaban J connectivity index is 1.81. The molecule has 0 fully saturated rings. The van der Waals surface area contributed by atoms with Crippen molar-refractivity contribution in [3.63, 3.8) is 0 Å². The van der Waals surface area contributed by atoms with E-state index in [-0.39, 0.29) is 5.69 Å². The first-order valence-electron chi connectivity index (χ1n) is 7.10. The van der Waals surface area contributed by atoms with Crippen LogP contribution in [0.15, 0.2) is 18.2 Å². The molecule has 9 nitrogen and oxygen atoms in total. The molecule has 3 N–H and O–H groups in total. The van der Waals surface area contributed by atoms with Crippen LogP contribution in [-0.2, 0) is 0 Å². The van der Waals surface area contributed by atoms with Crippen molar-refractivity contribution in [3.05, 3.63) is 41.2 Å². The van der Waals surface area contributed by atoms with Crippen molar-refractivity contribution in [2.75, 3.05) is 10.6 Å². The molecule has 0 aliphatic rings. The predicted molar refractivity (Wildman–Crippen MR) is 84.6 cm³/mol. The van der Waals surface area contributed by atoms with Crippen molar-refractivity contribution in [1.82, 2.24) is 30.4 Å². The highest BCUT2D eigenvalue weighted by molar-refractivity contribution is 6.00. The van der Waals surface area contributed by atoms with Gasteiger partial charge in [0.15, 0.2) is 5.82 Å². The second-order valence-corrected chi connectivity index (χ2v) is 5.19. The van der Waals surface area contributed by atoms with E-state index in [0.29, 0.717) is 22.9 Å². The largest absolute Gasteiger partial charge is 0.323 e. The maximum absolute atomic E-state index is 14.0. The van der Waals surface area contributed by atoms with E-state index in [4.69, 9.17) is 0 Å². The van der Waals surface area contributed by atoms with Crippen LogP contribution in [0.5, 0.6) is 0 Å². The van der Waals surface area contributed by atoms with Crippen molar-refractivity contribution in [1.29, 1.82) is 0 Å². The monoisotopic (exact) mass is 330 g/mol. The molecular weight excluding hydrogens is 315 g/mol. The van der Waals surface area contributed by atoms with E-state index in [0.717, 1.165) is 5.69 Å². The van der Waals surface area contributed by atoms with Crippen molar-refractivity contribution < 1.29 is 9.18 Å². The minimum Gasteiger partial charge on any atom is -0.308 e. The van der Waals surface area contributed by atoms with Gasteiger partial charge in [-0.3, -0.25) is 5.10 Å². The van der Waals surface area contributed by atoms with Crippen LogP contribution in [0, 0.1) is 26.6 Å². The SMILES string of the molecule is Cc1n[nH]c(C)c1NC(=O)Nc1ccc(F)c(-n2nnnc2C)c1. The summed E-state index contributed by atoms with van der Waals surface area (Å²) in [6, 6.07) is 3.68. The minimum atomic E-state index is -0.502. The minimum absolute atomic E-state index is 0.144. The number of carbonyl (C=O) groups excluding carboxylic acids is 1. The van der Waals surface area contributed by atoms with E-state index in [1.807, 2.05) is 0 Å². The summed E-state index contributed by atoms with van der Waals surface area (Å²) in [6.45, 7) is 5.22. The van der Waals surface area contributed by atoms with Crippen LogP contribution in [0.2, 0.25) is 0 Å². The smallest absolute Gasteiger partial charge is 0.308 e. The van der Waals surface area contributed by atoms with Gasteiger partial charge in [-0.15, -0.1) is 5.10 Å². The number of hydrogen-bond acceptors (Lipinski definition) is 5. The van der Waals surface area contributed by atoms with E-state index in [1.54, 1.807) is 20.8 Å². The van der Waals surface area contributed by atoms with E-state index in [1.165, 1.54) is 22.9 Å². The predicted octanol–water partition coefficient (Wildman–Crippen LogP) is 2.09. The average Bonchev–Trinajstić information content (AvgIpc) is 3.10. The topological polar surface area (TPSA) is 113 Å². The molecule has 2 heterocycles. The molecule has 0 radical (unpaired) electrons. The lowest BCUT2D eigenvalue weighted by Crippen LogP contribution is -2.20. The van der Waals surface area contributed by atoms with Gasteiger partial charge in [0.25, 0.3) is 0 Å². The van der Waals surface area contributed by atoms with Gasteiger partial charge in [-0.1, -0.05) is 0 Å². The maximum atomic E-state index is 14.0. The van der Waals surface area contributed by atoms with Crippen LogP contribution in [0.1, 0.15) is 17.2 Å². The molecule has 0 bridgehead atoms. The second-order valence-electron chi connectivity index (χ2n) is 5.19. The lowest BCUT2D eigenvalue weighted by molar-refractivity contribution is 0.262. The van der Waals surface area contributed by atoms with Gasteiger partial charge in [0.2, 0.25) is 0 Å². The zero-order valence-corrected chi connectivity index (χ0v) is 13.3. The van der Waals surface area contributed by atoms with Crippen molar-refractivity contribution >= 4 is 17.4 Å². The lowest BCUT2D eigenvalue weighted by atomic mass is 10.2. The summed E-state index contributed by atoms with van der Waals surface area (Å²) in [4.78, 5) is 12.1. The van der Waals surface area contributed by atoms with Crippen LogP contribution < -0.4 is 10.6 Å². The highest BCUT2D eigenvalue weighted by Crippen LogP contribution is 2.20. The average molecular weight is 330 g/mol. The first-order chi connectivity index (χ1) is 11.5. The number of aromatic amines is 1. The Kier molecular flexibility index (Phi) is 3.94. The zero-order valence-electron chi connectivity index (χ0n) is 13.3. The number of hydrogen-bond donors (Lipinski definition) is 3. The van der Waals surface area contributed by atoms with Gasteiger partial charge in [0.1, 0.15) is 11.5 Å². The van der Waals surface area contributed by atoms with Crippen LogP contribution in [0.4, 0.5) is 20.6 Å². The summed E-state index contributed by atoms with van der Waals surface area (Å²) in [5, 5.41) is 23.1. The third kappa shape index (κ3) is 2.93. The fourth-order valence-corrected chi connectivity index (χ4v) is 2.22. The first kappa shape index (κ1) is 15.6. The fraction of sp³-hybridized carbons (Fsp3) is 0.214. The molecule has 0 aliphatic heterocycles. The number of rotatable bonds is 3. The summed E-state index contributed by atoms with van der Waals surface area (Å²) >= 11 is 0. The molecule has 0 spiro atoms. The van der Waals surface area contributed by atoms with Crippen LogP contribution in [0.25, 0.3) is 5.69 Å². The summed E-state index contributed by atoms with van der Waals surface area (Å²) in [7, 11) is 0. The fourth-order valence-electron chi connectivity index (χ4n) is 2.22. The number of halogens is 1. The Morgan fingerprint density at radius 1 is 1.25 bits per heavy atom. The van der Waals surface area contributed by atoms with Gasteiger partial charge in [0, 0.05) is 5.69 Å². The molecule has 0 unspecified atom stereocenters. The first-order valence-corrected chi connectivity index (χ1v) is 7.10. The number of tetrazole rings is 1. The molecular formula is C14H15FN8O. The highest BCUT2D eigenvalue weighted by atomic mass is 19.1. The molecule has 3 rings (SSSR count).